The van der Waals surface area contributed by atoms with E-state index in [9.17, 15) is 18.4 Å². The van der Waals surface area contributed by atoms with Crippen LogP contribution in [0.2, 0.25) is 0 Å². The average Bonchev–Trinajstić information content (AvgIpc) is 2.92. The minimum Gasteiger partial charge on any atom is -0.478 e. The number of amides is 2. The summed E-state index contributed by atoms with van der Waals surface area (Å²) >= 11 is 0. The Labute approximate surface area is 239 Å². The Kier molecular flexibility index (Phi) is 11.3. The second-order valence-corrected chi connectivity index (χ2v) is 9.68. The maximum Gasteiger partial charge on any atom is 0.335 e. The molecule has 3 aromatic rings. The number of nitrogens with zero attached hydrogens (tertiary/aromatic N) is 2. The van der Waals surface area contributed by atoms with Gasteiger partial charge in [-0.1, -0.05) is 25.5 Å². The molecule has 0 bridgehead atoms. The lowest BCUT2D eigenvalue weighted by Gasteiger charge is -2.34. The van der Waals surface area contributed by atoms with Crippen molar-refractivity contribution < 1.29 is 28.2 Å². The summed E-state index contributed by atoms with van der Waals surface area (Å²) in [4.78, 5) is 27.7. The highest BCUT2D eigenvalue weighted by molar-refractivity contribution is 5.92. The van der Waals surface area contributed by atoms with E-state index in [1.165, 1.54) is 29.2 Å². The highest BCUT2D eigenvalue weighted by atomic mass is 35.5. The lowest BCUT2D eigenvalue weighted by atomic mass is 10.0. The van der Waals surface area contributed by atoms with Gasteiger partial charge in [-0.3, -0.25) is 9.80 Å². The van der Waals surface area contributed by atoms with Gasteiger partial charge in [-0.05, 0) is 73.4 Å². The summed E-state index contributed by atoms with van der Waals surface area (Å²) < 4.78 is 33.6. The van der Waals surface area contributed by atoms with Crippen molar-refractivity contribution in [3.63, 3.8) is 0 Å². The lowest BCUT2D eigenvalue weighted by molar-refractivity contribution is 0.0697. The number of nitrogens with one attached hydrogen (secondary N) is 1. The zero-order valence-electron chi connectivity index (χ0n) is 22.3. The number of carbonyl (C=O) groups excluding carboxylic acids is 1. The zero-order valence-corrected chi connectivity index (χ0v) is 23.1. The number of rotatable bonds is 10. The SMILES string of the molecule is CCCCN(C(=O)NC1CCN(Cc2ccc(Oc3ccc(C(=O)O)cc3)cc2)CC1)c1ccc(F)cc1F.Cl. The second-order valence-electron chi connectivity index (χ2n) is 9.68. The number of unbranched alkanes of at least 4 members (excludes halogenated alkanes) is 1. The van der Waals surface area contributed by atoms with Gasteiger partial charge >= 0.3 is 12.0 Å². The topological polar surface area (TPSA) is 82.1 Å². The van der Waals surface area contributed by atoms with Crippen LogP contribution in [0.3, 0.4) is 0 Å². The molecule has 0 radical (unpaired) electrons. The minimum absolute atomic E-state index is 0. The third-order valence-corrected chi connectivity index (χ3v) is 6.76. The molecule has 0 aromatic heterocycles. The van der Waals surface area contributed by atoms with Crippen molar-refractivity contribution in [1.29, 1.82) is 0 Å². The molecule has 4 rings (SSSR count). The van der Waals surface area contributed by atoms with Crippen LogP contribution in [0.4, 0.5) is 19.3 Å². The van der Waals surface area contributed by atoms with Crippen LogP contribution >= 0.6 is 12.4 Å². The van der Waals surface area contributed by atoms with Crippen LogP contribution in [-0.4, -0.2) is 47.7 Å². The van der Waals surface area contributed by atoms with E-state index in [1.54, 1.807) is 12.1 Å². The number of likely N-dealkylation sites (tertiary alicyclic amines) is 1. The molecule has 2 amide bonds. The molecule has 214 valence electrons. The molecule has 1 heterocycles. The molecule has 1 saturated heterocycles. The van der Waals surface area contributed by atoms with Gasteiger partial charge < -0.3 is 15.2 Å². The Morgan fingerprint density at radius 2 is 1.62 bits per heavy atom. The molecule has 1 aliphatic rings. The largest absolute Gasteiger partial charge is 0.478 e. The number of hydrogen-bond acceptors (Lipinski definition) is 4. The number of ether oxygens (including phenoxy) is 1. The van der Waals surface area contributed by atoms with Crippen LogP contribution in [0.15, 0.2) is 66.7 Å². The summed E-state index contributed by atoms with van der Waals surface area (Å²) in [6.07, 6.45) is 3.10. The molecule has 2 N–H and O–H groups in total. The van der Waals surface area contributed by atoms with E-state index in [1.807, 2.05) is 31.2 Å². The third-order valence-electron chi connectivity index (χ3n) is 6.76. The van der Waals surface area contributed by atoms with E-state index in [0.717, 1.165) is 50.5 Å². The monoisotopic (exact) mass is 573 g/mol. The van der Waals surface area contributed by atoms with Gasteiger partial charge in [0.05, 0.1) is 11.3 Å². The van der Waals surface area contributed by atoms with Crippen LogP contribution in [0, 0.1) is 11.6 Å². The normalized spacial score (nSPS) is 13.8. The number of urea groups is 1. The number of benzene rings is 3. The van der Waals surface area contributed by atoms with Gasteiger partial charge in [0.15, 0.2) is 0 Å². The maximum atomic E-state index is 14.4. The molecule has 0 spiro atoms. The predicted octanol–water partition coefficient (Wildman–Crippen LogP) is 6.86. The van der Waals surface area contributed by atoms with Gasteiger partial charge in [-0.15, -0.1) is 12.4 Å². The van der Waals surface area contributed by atoms with Crippen molar-refractivity contribution in [2.75, 3.05) is 24.5 Å². The summed E-state index contributed by atoms with van der Waals surface area (Å²) in [7, 11) is 0. The Morgan fingerprint density at radius 1 is 1.00 bits per heavy atom. The lowest BCUT2D eigenvalue weighted by Crippen LogP contribution is -2.49. The standard InChI is InChI=1S/C30H33F2N3O4.ClH/c1-2-3-16-35(28-13-8-23(31)19-27(28)32)30(38)33-24-14-17-34(18-15-24)20-21-4-9-25(10-5-21)39-26-11-6-22(7-12-26)29(36)37;/h4-13,19,24H,2-3,14-18,20H2,1H3,(H,33,38)(H,36,37);1H. The molecule has 3 aromatic carbocycles. The van der Waals surface area contributed by atoms with Crippen molar-refractivity contribution in [3.05, 3.63) is 89.5 Å². The van der Waals surface area contributed by atoms with Crippen LogP contribution in [0.1, 0.15) is 48.5 Å². The van der Waals surface area contributed by atoms with Crippen molar-refractivity contribution in [1.82, 2.24) is 10.2 Å². The number of anilines is 1. The summed E-state index contributed by atoms with van der Waals surface area (Å²) in [5, 5.41) is 12.0. The van der Waals surface area contributed by atoms with Crippen molar-refractivity contribution in [3.8, 4) is 11.5 Å². The number of hydrogen-bond donors (Lipinski definition) is 2. The summed E-state index contributed by atoms with van der Waals surface area (Å²) in [5.74, 6) is -1.18. The number of halogens is 3. The van der Waals surface area contributed by atoms with Gasteiger partial charge in [-0.2, -0.15) is 0 Å². The first-order valence-corrected chi connectivity index (χ1v) is 13.2. The van der Waals surface area contributed by atoms with Gasteiger partial charge in [0, 0.05) is 38.3 Å². The number of carbonyl (C=O) groups is 2. The Bertz CT molecular complexity index is 1270. The van der Waals surface area contributed by atoms with E-state index in [2.05, 4.69) is 10.2 Å². The first-order valence-electron chi connectivity index (χ1n) is 13.2. The molecular weight excluding hydrogens is 540 g/mol. The minimum atomic E-state index is -0.980. The average molecular weight is 574 g/mol. The fourth-order valence-electron chi connectivity index (χ4n) is 4.56. The number of piperidine rings is 1. The molecule has 0 unspecified atom stereocenters. The Balaban J connectivity index is 0.00000441. The summed E-state index contributed by atoms with van der Waals surface area (Å²) in [6, 6.07) is 16.9. The smallest absolute Gasteiger partial charge is 0.335 e. The summed E-state index contributed by atoms with van der Waals surface area (Å²) in [5.41, 5.74) is 1.42. The van der Waals surface area contributed by atoms with Crippen LogP contribution < -0.4 is 15.0 Å². The Morgan fingerprint density at radius 3 is 2.20 bits per heavy atom. The molecule has 0 atom stereocenters. The molecule has 7 nitrogen and oxygen atoms in total. The maximum absolute atomic E-state index is 14.4. The highest BCUT2D eigenvalue weighted by Gasteiger charge is 2.25. The molecule has 1 fully saturated rings. The van der Waals surface area contributed by atoms with E-state index in [4.69, 9.17) is 9.84 Å². The first kappa shape index (κ1) is 30.8. The van der Waals surface area contributed by atoms with Crippen molar-refractivity contribution in [2.24, 2.45) is 0 Å². The highest BCUT2D eigenvalue weighted by Crippen LogP contribution is 2.24. The van der Waals surface area contributed by atoms with Gasteiger partial charge in [-0.25, -0.2) is 18.4 Å². The molecule has 0 saturated carbocycles. The fraction of sp³-hybridized carbons (Fsp3) is 0.333. The van der Waals surface area contributed by atoms with Crippen LogP contribution in [0.5, 0.6) is 11.5 Å². The molecule has 0 aliphatic carbocycles. The molecule has 40 heavy (non-hydrogen) atoms. The summed E-state index contributed by atoms with van der Waals surface area (Å²) in [6.45, 7) is 4.72. The van der Waals surface area contributed by atoms with E-state index in [0.29, 0.717) is 24.5 Å². The van der Waals surface area contributed by atoms with E-state index < -0.39 is 17.6 Å². The molecular formula is C30H34ClF2N3O4. The van der Waals surface area contributed by atoms with Gasteiger partial charge in [0.25, 0.3) is 0 Å². The van der Waals surface area contributed by atoms with Crippen molar-refractivity contribution in [2.45, 2.75) is 45.2 Å². The van der Waals surface area contributed by atoms with Crippen LogP contribution in [-0.2, 0) is 6.54 Å². The number of aromatic carboxylic acids is 1. The second kappa shape index (κ2) is 14.6. The van der Waals surface area contributed by atoms with Gasteiger partial charge in [0.2, 0.25) is 0 Å². The van der Waals surface area contributed by atoms with E-state index in [-0.39, 0.29) is 35.7 Å². The molecule has 10 heteroatoms. The Hall–Kier alpha value is -3.69. The number of carboxylic acids is 1. The zero-order chi connectivity index (χ0) is 27.8. The van der Waals surface area contributed by atoms with Crippen molar-refractivity contribution >= 4 is 30.1 Å². The third kappa shape index (κ3) is 8.40. The fourth-order valence-corrected chi connectivity index (χ4v) is 4.56. The van der Waals surface area contributed by atoms with E-state index >= 15 is 0 Å². The van der Waals surface area contributed by atoms with Crippen LogP contribution in [0.25, 0.3) is 0 Å². The number of carboxylic acid groups (broad SMARTS) is 1. The quantitative estimate of drug-likeness (QED) is 0.277. The molecule has 1 aliphatic heterocycles. The van der Waals surface area contributed by atoms with Gasteiger partial charge in [0.1, 0.15) is 23.1 Å². The first-order chi connectivity index (χ1) is 18.8. The predicted molar refractivity (Wildman–Crippen MR) is 153 cm³/mol.